The summed E-state index contributed by atoms with van der Waals surface area (Å²) in [7, 11) is 0. The molecular formula is C21H18N4O3S. The Morgan fingerprint density at radius 2 is 2.03 bits per heavy atom. The number of H-pyrrole nitrogens is 1. The zero-order valence-electron chi connectivity index (χ0n) is 15.7. The summed E-state index contributed by atoms with van der Waals surface area (Å²) in [6, 6.07) is 11.5. The van der Waals surface area contributed by atoms with Crippen LogP contribution in [0.2, 0.25) is 0 Å². The molecule has 1 amide bonds. The fourth-order valence-electron chi connectivity index (χ4n) is 3.32. The van der Waals surface area contributed by atoms with Gasteiger partial charge >= 0.3 is 0 Å². The van der Waals surface area contributed by atoms with Crippen LogP contribution in [0.1, 0.15) is 10.6 Å². The summed E-state index contributed by atoms with van der Waals surface area (Å²) >= 11 is 1.61. The van der Waals surface area contributed by atoms with Crippen LogP contribution in [0.4, 0.5) is 5.82 Å². The zero-order valence-corrected chi connectivity index (χ0v) is 16.5. The molecule has 0 atom stereocenters. The monoisotopic (exact) mass is 406 g/mol. The lowest BCUT2D eigenvalue weighted by Gasteiger charge is -2.18. The van der Waals surface area contributed by atoms with Gasteiger partial charge in [0.05, 0.1) is 22.6 Å². The predicted molar refractivity (Wildman–Crippen MR) is 112 cm³/mol. The standard InChI is InChI=1S/C21H18N4O3S/c1-12-22-17(11-29-12)14-3-4-16-15(10-14)21(25-24-16)23-20(26)9-13-2-5-18-19(8-13)28-7-6-27-18/h2-5,8,10-11H,6-7,9H2,1H3,(H2,23,24,25,26). The average molecular weight is 406 g/mol. The minimum absolute atomic E-state index is 0.148. The third-order valence-electron chi connectivity index (χ3n) is 4.71. The molecule has 8 heteroatoms. The molecule has 0 saturated carbocycles. The molecule has 146 valence electrons. The number of thiazole rings is 1. The Hall–Kier alpha value is -3.39. The first-order valence-electron chi connectivity index (χ1n) is 9.25. The molecule has 1 aliphatic rings. The van der Waals surface area contributed by atoms with Crippen molar-refractivity contribution in [1.82, 2.24) is 15.2 Å². The minimum atomic E-state index is -0.148. The molecule has 0 fully saturated rings. The maximum atomic E-state index is 12.6. The number of aryl methyl sites for hydroxylation is 1. The van der Waals surface area contributed by atoms with E-state index >= 15 is 0 Å². The Balaban J connectivity index is 1.36. The van der Waals surface area contributed by atoms with E-state index < -0.39 is 0 Å². The number of nitrogens with one attached hydrogen (secondary N) is 2. The van der Waals surface area contributed by atoms with E-state index in [4.69, 9.17) is 9.47 Å². The van der Waals surface area contributed by atoms with Gasteiger partial charge in [-0.25, -0.2) is 4.98 Å². The van der Waals surface area contributed by atoms with E-state index in [-0.39, 0.29) is 12.3 Å². The zero-order chi connectivity index (χ0) is 19.8. The number of nitrogens with zero attached hydrogens (tertiary/aromatic N) is 2. The number of amides is 1. The topological polar surface area (TPSA) is 89.1 Å². The highest BCUT2D eigenvalue weighted by atomic mass is 32.1. The van der Waals surface area contributed by atoms with Gasteiger partial charge in [0.1, 0.15) is 13.2 Å². The van der Waals surface area contributed by atoms with E-state index in [0.717, 1.165) is 32.7 Å². The van der Waals surface area contributed by atoms with Crippen molar-refractivity contribution >= 4 is 34.0 Å². The van der Waals surface area contributed by atoms with Crippen LogP contribution in [0.15, 0.2) is 41.8 Å². The second-order valence-corrected chi connectivity index (χ2v) is 7.85. The van der Waals surface area contributed by atoms with E-state index in [0.29, 0.717) is 30.5 Å². The van der Waals surface area contributed by atoms with Crippen LogP contribution in [-0.4, -0.2) is 34.3 Å². The Labute approximate surface area is 170 Å². The van der Waals surface area contributed by atoms with Crippen LogP contribution in [0.5, 0.6) is 11.5 Å². The maximum absolute atomic E-state index is 12.6. The molecule has 3 heterocycles. The molecule has 0 saturated heterocycles. The van der Waals surface area contributed by atoms with Gasteiger partial charge in [-0.1, -0.05) is 12.1 Å². The highest BCUT2D eigenvalue weighted by molar-refractivity contribution is 7.09. The van der Waals surface area contributed by atoms with Gasteiger partial charge in [-0.2, -0.15) is 5.10 Å². The van der Waals surface area contributed by atoms with E-state index in [1.54, 1.807) is 11.3 Å². The molecule has 0 aliphatic carbocycles. The van der Waals surface area contributed by atoms with Crippen molar-refractivity contribution in [2.75, 3.05) is 18.5 Å². The molecule has 2 aromatic carbocycles. The number of carbonyl (C=O) groups excluding carboxylic acids is 1. The van der Waals surface area contributed by atoms with E-state index in [9.17, 15) is 4.79 Å². The van der Waals surface area contributed by atoms with Gasteiger partial charge in [0.2, 0.25) is 5.91 Å². The first-order valence-corrected chi connectivity index (χ1v) is 10.1. The maximum Gasteiger partial charge on any atom is 0.230 e. The molecule has 0 radical (unpaired) electrons. The quantitative estimate of drug-likeness (QED) is 0.536. The van der Waals surface area contributed by atoms with Crippen LogP contribution in [-0.2, 0) is 11.2 Å². The summed E-state index contributed by atoms with van der Waals surface area (Å²) in [6.45, 7) is 3.04. The van der Waals surface area contributed by atoms with Crippen LogP contribution < -0.4 is 14.8 Å². The number of fused-ring (bicyclic) bond motifs is 2. The third kappa shape index (κ3) is 3.54. The Kier molecular flexibility index (Phi) is 4.40. The van der Waals surface area contributed by atoms with Crippen molar-refractivity contribution in [3.63, 3.8) is 0 Å². The van der Waals surface area contributed by atoms with Crippen LogP contribution >= 0.6 is 11.3 Å². The summed E-state index contributed by atoms with van der Waals surface area (Å²) in [4.78, 5) is 17.1. The van der Waals surface area contributed by atoms with Gasteiger partial charge < -0.3 is 14.8 Å². The molecule has 7 nitrogen and oxygen atoms in total. The minimum Gasteiger partial charge on any atom is -0.486 e. The normalized spacial score (nSPS) is 12.9. The third-order valence-corrected chi connectivity index (χ3v) is 5.48. The van der Waals surface area contributed by atoms with Crippen molar-refractivity contribution in [1.29, 1.82) is 0 Å². The van der Waals surface area contributed by atoms with E-state index in [1.165, 1.54) is 0 Å². The summed E-state index contributed by atoms with van der Waals surface area (Å²) < 4.78 is 11.1. The molecule has 29 heavy (non-hydrogen) atoms. The molecule has 0 unspecified atom stereocenters. The van der Waals surface area contributed by atoms with Crippen molar-refractivity contribution in [2.45, 2.75) is 13.3 Å². The largest absolute Gasteiger partial charge is 0.486 e. The van der Waals surface area contributed by atoms with Gasteiger partial charge in [0, 0.05) is 16.3 Å². The Morgan fingerprint density at radius 1 is 1.17 bits per heavy atom. The number of rotatable bonds is 4. The summed E-state index contributed by atoms with van der Waals surface area (Å²) in [5, 5.41) is 14.0. The fraction of sp³-hybridized carbons (Fsp3) is 0.190. The van der Waals surface area contributed by atoms with E-state index in [1.807, 2.05) is 48.7 Å². The molecule has 0 spiro atoms. The summed E-state index contributed by atoms with van der Waals surface area (Å²) in [5.41, 5.74) is 3.62. The second-order valence-electron chi connectivity index (χ2n) is 6.79. The van der Waals surface area contributed by atoms with Gasteiger partial charge in [-0.15, -0.1) is 11.3 Å². The first kappa shape index (κ1) is 17.7. The summed E-state index contributed by atoms with van der Waals surface area (Å²) in [5.74, 6) is 1.75. The van der Waals surface area contributed by atoms with Gasteiger partial charge in [-0.05, 0) is 36.8 Å². The molecule has 2 N–H and O–H groups in total. The van der Waals surface area contributed by atoms with Crippen LogP contribution in [0.25, 0.3) is 22.2 Å². The summed E-state index contributed by atoms with van der Waals surface area (Å²) in [6.07, 6.45) is 0.218. The number of carbonyl (C=O) groups is 1. The average Bonchev–Trinajstić information content (AvgIpc) is 3.34. The van der Waals surface area contributed by atoms with Crippen molar-refractivity contribution in [2.24, 2.45) is 0 Å². The molecule has 1 aliphatic heterocycles. The molecule has 2 aromatic heterocycles. The van der Waals surface area contributed by atoms with Gasteiger partial charge in [0.25, 0.3) is 0 Å². The number of benzene rings is 2. The highest BCUT2D eigenvalue weighted by Crippen LogP contribution is 2.31. The fourth-order valence-corrected chi connectivity index (χ4v) is 3.95. The lowest BCUT2D eigenvalue weighted by molar-refractivity contribution is -0.115. The Bertz CT molecular complexity index is 1210. The van der Waals surface area contributed by atoms with Crippen LogP contribution in [0, 0.1) is 6.92 Å². The van der Waals surface area contributed by atoms with Crippen molar-refractivity contribution in [3.05, 3.63) is 52.3 Å². The lowest BCUT2D eigenvalue weighted by Crippen LogP contribution is -2.17. The molecule has 0 bridgehead atoms. The van der Waals surface area contributed by atoms with Gasteiger partial charge in [-0.3, -0.25) is 9.89 Å². The molecular weight excluding hydrogens is 388 g/mol. The van der Waals surface area contributed by atoms with Crippen molar-refractivity contribution in [3.8, 4) is 22.8 Å². The van der Waals surface area contributed by atoms with E-state index in [2.05, 4.69) is 20.5 Å². The molecule has 4 aromatic rings. The predicted octanol–water partition coefficient (Wildman–Crippen LogP) is 3.95. The number of hydrogen-bond donors (Lipinski definition) is 2. The number of aromatic amines is 1. The number of anilines is 1. The lowest BCUT2D eigenvalue weighted by atomic mass is 10.1. The van der Waals surface area contributed by atoms with Crippen molar-refractivity contribution < 1.29 is 14.3 Å². The highest BCUT2D eigenvalue weighted by Gasteiger charge is 2.15. The first-order chi connectivity index (χ1) is 14.2. The SMILES string of the molecule is Cc1nc(-c2ccc3[nH]nc(NC(=O)Cc4ccc5c(c4)OCCO5)c3c2)cs1. The smallest absolute Gasteiger partial charge is 0.230 e. The number of ether oxygens (including phenoxy) is 2. The Morgan fingerprint density at radius 3 is 2.86 bits per heavy atom. The van der Waals surface area contributed by atoms with Crippen LogP contribution in [0.3, 0.4) is 0 Å². The number of hydrogen-bond acceptors (Lipinski definition) is 6. The molecule has 5 rings (SSSR count). The number of aromatic nitrogens is 3. The van der Waals surface area contributed by atoms with Gasteiger partial charge in [0.15, 0.2) is 17.3 Å². The second kappa shape index (κ2) is 7.21.